The number of alkyl halides is 2. The van der Waals surface area contributed by atoms with E-state index in [1.54, 1.807) is 6.33 Å². The zero-order valence-electron chi connectivity index (χ0n) is 16.8. The molecule has 0 bridgehead atoms. The van der Waals surface area contributed by atoms with Crippen LogP contribution >= 0.6 is 0 Å². The Morgan fingerprint density at radius 2 is 1.91 bits per heavy atom. The summed E-state index contributed by atoms with van der Waals surface area (Å²) in [6, 6.07) is 6.32. The summed E-state index contributed by atoms with van der Waals surface area (Å²) in [6.07, 6.45) is 3.13. The molecule has 0 amide bonds. The number of sulfone groups is 1. The van der Waals surface area contributed by atoms with E-state index in [-0.39, 0.29) is 17.0 Å². The number of imidazole rings is 1. The van der Waals surface area contributed by atoms with Gasteiger partial charge in [-0.25, -0.2) is 22.8 Å². The number of pyridine rings is 1. The molecule has 0 N–H and O–H groups in total. The van der Waals surface area contributed by atoms with E-state index in [1.165, 1.54) is 37.6 Å². The Bertz CT molecular complexity index is 1420. The molecule has 0 saturated carbocycles. The van der Waals surface area contributed by atoms with Gasteiger partial charge in [-0.05, 0) is 36.8 Å². The van der Waals surface area contributed by atoms with Crippen molar-refractivity contribution in [3.8, 4) is 28.1 Å². The predicted octanol–water partition coefficient (Wildman–Crippen LogP) is 3.72. The van der Waals surface area contributed by atoms with Gasteiger partial charge in [0.2, 0.25) is 5.88 Å². The fraction of sp³-hybridized carbons (Fsp3) is 0.200. The number of halogens is 3. The molecular formula is C20H16F3N5O3S. The lowest BCUT2D eigenvalue weighted by Crippen LogP contribution is -2.13. The zero-order valence-corrected chi connectivity index (χ0v) is 17.6. The van der Waals surface area contributed by atoms with E-state index in [0.717, 1.165) is 6.07 Å². The molecule has 0 aliphatic heterocycles. The minimum Gasteiger partial charge on any atom is -0.481 e. The minimum absolute atomic E-state index is 0.0349. The van der Waals surface area contributed by atoms with Crippen LogP contribution in [0.2, 0.25) is 0 Å². The van der Waals surface area contributed by atoms with Gasteiger partial charge in [0.1, 0.15) is 11.3 Å². The molecule has 0 aliphatic carbocycles. The third-order valence-electron chi connectivity index (χ3n) is 4.87. The van der Waals surface area contributed by atoms with Gasteiger partial charge in [0.15, 0.2) is 10.7 Å². The molecule has 0 saturated heterocycles. The Morgan fingerprint density at radius 3 is 2.59 bits per heavy atom. The first-order valence-electron chi connectivity index (χ1n) is 9.31. The highest BCUT2D eigenvalue weighted by molar-refractivity contribution is 7.91. The summed E-state index contributed by atoms with van der Waals surface area (Å²) >= 11 is 0. The number of methoxy groups -OCH3 is 1. The van der Waals surface area contributed by atoms with E-state index in [9.17, 15) is 21.6 Å². The highest BCUT2D eigenvalue weighted by Gasteiger charge is 2.29. The fourth-order valence-corrected chi connectivity index (χ4v) is 3.90. The maximum Gasteiger partial charge on any atom is 0.342 e. The molecule has 0 aliphatic rings. The second kappa shape index (κ2) is 8.19. The van der Waals surface area contributed by atoms with Crippen molar-refractivity contribution in [2.45, 2.75) is 24.3 Å². The normalized spacial score (nSPS) is 11.9. The Balaban J connectivity index is 1.87. The van der Waals surface area contributed by atoms with Crippen molar-refractivity contribution in [3.05, 3.63) is 48.7 Å². The molecule has 1 aromatic carbocycles. The van der Waals surface area contributed by atoms with Crippen molar-refractivity contribution in [1.82, 2.24) is 24.7 Å². The van der Waals surface area contributed by atoms with Crippen LogP contribution in [0, 0.1) is 5.82 Å². The smallest absolute Gasteiger partial charge is 0.342 e. The van der Waals surface area contributed by atoms with Crippen LogP contribution in [0.15, 0.2) is 47.9 Å². The molecule has 0 fully saturated rings. The summed E-state index contributed by atoms with van der Waals surface area (Å²) in [6.45, 7) is 2.57. The Hall–Kier alpha value is -3.54. The van der Waals surface area contributed by atoms with Crippen molar-refractivity contribution in [1.29, 1.82) is 0 Å². The van der Waals surface area contributed by atoms with E-state index in [1.807, 2.05) is 11.5 Å². The number of benzene rings is 1. The molecule has 166 valence electrons. The van der Waals surface area contributed by atoms with Gasteiger partial charge in [-0.15, -0.1) is 5.10 Å². The van der Waals surface area contributed by atoms with Crippen LogP contribution in [-0.4, -0.2) is 46.0 Å². The van der Waals surface area contributed by atoms with E-state index < -0.39 is 26.4 Å². The average molecular weight is 463 g/mol. The third-order valence-corrected chi connectivity index (χ3v) is 6.15. The van der Waals surface area contributed by atoms with Crippen LogP contribution in [-0.2, 0) is 16.4 Å². The van der Waals surface area contributed by atoms with Crippen molar-refractivity contribution in [3.63, 3.8) is 0 Å². The molecule has 4 aromatic rings. The summed E-state index contributed by atoms with van der Waals surface area (Å²) in [5.74, 6) is -4.60. The van der Waals surface area contributed by atoms with Gasteiger partial charge in [0.05, 0.1) is 19.6 Å². The lowest BCUT2D eigenvalue weighted by Gasteiger charge is -2.12. The Labute approximate surface area is 180 Å². The number of hydrogen-bond acceptors (Lipinski definition) is 7. The number of fused-ring (bicyclic) bond motifs is 1. The number of rotatable bonds is 6. The standard InChI is InChI=1S/C20H16F3N5O3S/c1-3-28-10-24-17-14(9-25-27-18(17)28)11-4-6-15(21)13(8-11)12-5-7-16(26-19(12)31-2)32(29,30)20(22)23/h4-10,20H,3H2,1-2H3. The zero-order chi connectivity index (χ0) is 23.0. The van der Waals surface area contributed by atoms with Gasteiger partial charge in [-0.2, -0.15) is 13.9 Å². The Kier molecular flexibility index (Phi) is 5.55. The first-order chi connectivity index (χ1) is 15.3. The van der Waals surface area contributed by atoms with E-state index in [2.05, 4.69) is 20.2 Å². The molecule has 12 heteroatoms. The Morgan fingerprint density at radius 1 is 1.12 bits per heavy atom. The summed E-state index contributed by atoms with van der Waals surface area (Å²) in [5, 5.41) is 7.24. The SMILES string of the molecule is CCn1cnc2c(-c3ccc(F)c(-c4ccc(S(=O)(=O)C(F)F)nc4OC)c3)cnnc21. The van der Waals surface area contributed by atoms with Gasteiger partial charge in [-0.1, -0.05) is 6.07 Å². The van der Waals surface area contributed by atoms with Gasteiger partial charge in [0, 0.05) is 23.2 Å². The molecule has 3 heterocycles. The topological polar surface area (TPSA) is 99.9 Å². The number of nitrogens with zero attached hydrogens (tertiary/aromatic N) is 5. The highest BCUT2D eigenvalue weighted by atomic mass is 32.2. The van der Waals surface area contributed by atoms with Gasteiger partial charge in [-0.3, -0.25) is 0 Å². The molecule has 3 aromatic heterocycles. The largest absolute Gasteiger partial charge is 0.481 e. The quantitative estimate of drug-likeness (QED) is 0.430. The minimum atomic E-state index is -4.94. The third kappa shape index (κ3) is 3.55. The van der Waals surface area contributed by atoms with Crippen LogP contribution in [0.1, 0.15) is 6.92 Å². The molecule has 0 spiro atoms. The molecule has 32 heavy (non-hydrogen) atoms. The van der Waals surface area contributed by atoms with Crippen molar-refractivity contribution < 1.29 is 26.3 Å². The molecule has 4 rings (SSSR count). The number of aromatic nitrogens is 5. The molecule has 0 radical (unpaired) electrons. The first kappa shape index (κ1) is 21.7. The summed E-state index contributed by atoms with van der Waals surface area (Å²) in [5.41, 5.74) is 2.44. The van der Waals surface area contributed by atoms with E-state index in [0.29, 0.717) is 28.8 Å². The van der Waals surface area contributed by atoms with Crippen LogP contribution in [0.3, 0.4) is 0 Å². The second-order valence-corrected chi connectivity index (χ2v) is 8.53. The van der Waals surface area contributed by atoms with Gasteiger partial charge >= 0.3 is 5.76 Å². The first-order valence-corrected chi connectivity index (χ1v) is 10.9. The molecular weight excluding hydrogens is 447 g/mol. The van der Waals surface area contributed by atoms with Crippen molar-refractivity contribution in [2.75, 3.05) is 7.11 Å². The van der Waals surface area contributed by atoms with Crippen molar-refractivity contribution in [2.24, 2.45) is 0 Å². The lowest BCUT2D eigenvalue weighted by atomic mass is 9.99. The molecule has 8 nitrogen and oxygen atoms in total. The van der Waals surface area contributed by atoms with Crippen LogP contribution in [0.5, 0.6) is 5.88 Å². The summed E-state index contributed by atoms with van der Waals surface area (Å²) in [4.78, 5) is 8.04. The molecule has 0 atom stereocenters. The average Bonchev–Trinajstić information content (AvgIpc) is 3.22. The summed E-state index contributed by atoms with van der Waals surface area (Å²) < 4.78 is 70.9. The molecule has 0 unspecified atom stereocenters. The predicted molar refractivity (Wildman–Crippen MR) is 109 cm³/mol. The fourth-order valence-electron chi connectivity index (χ4n) is 3.25. The maximum atomic E-state index is 14.8. The van der Waals surface area contributed by atoms with E-state index >= 15 is 0 Å². The van der Waals surface area contributed by atoms with E-state index in [4.69, 9.17) is 4.74 Å². The van der Waals surface area contributed by atoms with Crippen molar-refractivity contribution >= 4 is 21.0 Å². The summed E-state index contributed by atoms with van der Waals surface area (Å²) in [7, 11) is -3.76. The number of aryl methyl sites for hydroxylation is 1. The number of hydrogen-bond donors (Lipinski definition) is 0. The second-order valence-electron chi connectivity index (χ2n) is 6.67. The van der Waals surface area contributed by atoms with Crippen LogP contribution in [0.25, 0.3) is 33.4 Å². The van der Waals surface area contributed by atoms with Gasteiger partial charge < -0.3 is 9.30 Å². The van der Waals surface area contributed by atoms with Gasteiger partial charge in [0.25, 0.3) is 9.84 Å². The lowest BCUT2D eigenvalue weighted by molar-refractivity contribution is 0.234. The number of ether oxygens (including phenoxy) is 1. The van der Waals surface area contributed by atoms with Crippen LogP contribution < -0.4 is 4.74 Å². The highest BCUT2D eigenvalue weighted by Crippen LogP contribution is 2.36. The van der Waals surface area contributed by atoms with Crippen LogP contribution in [0.4, 0.5) is 13.2 Å². The monoisotopic (exact) mass is 463 g/mol. The maximum absolute atomic E-state index is 14.8.